The lowest BCUT2D eigenvalue weighted by Crippen LogP contribution is -2.19. The van der Waals surface area contributed by atoms with E-state index in [2.05, 4.69) is 6.58 Å². The molecule has 0 aromatic heterocycles. The summed E-state index contributed by atoms with van der Waals surface area (Å²) in [5.41, 5.74) is 0.441. The lowest BCUT2D eigenvalue weighted by atomic mass is 9.84. The summed E-state index contributed by atoms with van der Waals surface area (Å²) in [5.74, 6) is 0. The van der Waals surface area contributed by atoms with E-state index in [0.717, 1.165) is 11.8 Å². The molecule has 0 heterocycles. The molecular formula is C11H12O. The molecule has 62 valence electrons. The van der Waals surface area contributed by atoms with Crippen molar-refractivity contribution in [3.63, 3.8) is 0 Å². The number of hydrogen-bond acceptors (Lipinski definition) is 1. The van der Waals surface area contributed by atoms with Crippen molar-refractivity contribution in [1.29, 1.82) is 0 Å². The smallest absolute Gasteiger partial charge is 0.134 e. The van der Waals surface area contributed by atoms with Crippen molar-refractivity contribution in [2.75, 3.05) is 0 Å². The van der Waals surface area contributed by atoms with Gasteiger partial charge in [-0.25, -0.2) is 0 Å². The van der Waals surface area contributed by atoms with Gasteiger partial charge in [-0.2, -0.15) is 0 Å². The third-order valence-electron chi connectivity index (χ3n) is 2.06. The molecule has 1 nitrogen and oxygen atoms in total. The lowest BCUT2D eigenvalue weighted by Gasteiger charge is -2.17. The van der Waals surface area contributed by atoms with E-state index in [1.807, 2.05) is 37.3 Å². The van der Waals surface area contributed by atoms with Gasteiger partial charge in [-0.1, -0.05) is 36.4 Å². The van der Waals surface area contributed by atoms with Gasteiger partial charge in [0.1, 0.15) is 6.29 Å². The van der Waals surface area contributed by atoms with Crippen LogP contribution >= 0.6 is 0 Å². The van der Waals surface area contributed by atoms with Crippen molar-refractivity contribution >= 4 is 6.29 Å². The maximum absolute atomic E-state index is 10.8. The van der Waals surface area contributed by atoms with Crippen LogP contribution in [0.1, 0.15) is 12.5 Å². The van der Waals surface area contributed by atoms with Gasteiger partial charge in [0.15, 0.2) is 0 Å². The van der Waals surface area contributed by atoms with Gasteiger partial charge in [0.05, 0.1) is 5.41 Å². The van der Waals surface area contributed by atoms with Crippen molar-refractivity contribution in [3.8, 4) is 0 Å². The van der Waals surface area contributed by atoms with Crippen LogP contribution in [0.3, 0.4) is 0 Å². The summed E-state index contributed by atoms with van der Waals surface area (Å²) < 4.78 is 0. The highest BCUT2D eigenvalue weighted by Crippen LogP contribution is 2.21. The number of carbonyl (C=O) groups excluding carboxylic acids is 1. The normalized spacial score (nSPS) is 14.8. The number of benzene rings is 1. The van der Waals surface area contributed by atoms with E-state index in [1.54, 1.807) is 6.08 Å². The Bertz CT molecular complexity index is 266. The van der Waals surface area contributed by atoms with E-state index >= 15 is 0 Å². The Balaban J connectivity index is 3.11. The average Bonchev–Trinajstić information content (AvgIpc) is 2.18. The van der Waals surface area contributed by atoms with Crippen molar-refractivity contribution < 1.29 is 4.79 Å². The molecule has 0 fully saturated rings. The summed E-state index contributed by atoms with van der Waals surface area (Å²) in [6.45, 7) is 5.50. The highest BCUT2D eigenvalue weighted by Gasteiger charge is 2.20. The minimum absolute atomic E-state index is 0.540. The Labute approximate surface area is 72.7 Å². The topological polar surface area (TPSA) is 17.1 Å². The maximum atomic E-state index is 10.8. The zero-order valence-corrected chi connectivity index (χ0v) is 7.16. The fourth-order valence-electron chi connectivity index (χ4n) is 1.03. The molecule has 12 heavy (non-hydrogen) atoms. The van der Waals surface area contributed by atoms with Crippen molar-refractivity contribution in [2.45, 2.75) is 12.3 Å². The van der Waals surface area contributed by atoms with Gasteiger partial charge in [0.2, 0.25) is 0 Å². The zero-order chi connectivity index (χ0) is 9.03. The Morgan fingerprint density at radius 2 is 1.92 bits per heavy atom. The van der Waals surface area contributed by atoms with E-state index in [1.165, 1.54) is 0 Å². The van der Waals surface area contributed by atoms with Gasteiger partial charge in [0, 0.05) is 0 Å². The largest absolute Gasteiger partial charge is 0.302 e. The minimum Gasteiger partial charge on any atom is -0.302 e. The second-order valence-corrected chi connectivity index (χ2v) is 2.97. The minimum atomic E-state index is -0.540. The predicted molar refractivity (Wildman–Crippen MR) is 50.1 cm³/mol. The third-order valence-corrected chi connectivity index (χ3v) is 2.06. The number of carbonyl (C=O) groups is 1. The van der Waals surface area contributed by atoms with E-state index in [0.29, 0.717) is 0 Å². The summed E-state index contributed by atoms with van der Waals surface area (Å²) in [6, 6.07) is 9.62. The molecule has 0 aliphatic heterocycles. The molecule has 0 aliphatic rings. The number of aldehydes is 1. The average molecular weight is 160 g/mol. The molecule has 0 spiro atoms. The molecule has 0 saturated carbocycles. The molecule has 1 atom stereocenters. The van der Waals surface area contributed by atoms with E-state index in [9.17, 15) is 4.79 Å². The van der Waals surface area contributed by atoms with Crippen molar-refractivity contribution in [3.05, 3.63) is 48.6 Å². The predicted octanol–water partition coefficient (Wildman–Crippen LogP) is 2.33. The van der Waals surface area contributed by atoms with Gasteiger partial charge in [-0.3, -0.25) is 0 Å². The van der Waals surface area contributed by atoms with Crippen LogP contribution in [0, 0.1) is 0 Å². The molecule has 0 N–H and O–H groups in total. The molecule has 1 rings (SSSR count). The summed E-state index contributed by atoms with van der Waals surface area (Å²) in [7, 11) is 0. The first kappa shape index (κ1) is 8.72. The zero-order valence-electron chi connectivity index (χ0n) is 7.16. The van der Waals surface area contributed by atoms with Crippen LogP contribution < -0.4 is 0 Å². The molecule has 0 saturated heterocycles. The lowest BCUT2D eigenvalue weighted by molar-refractivity contribution is -0.110. The first-order chi connectivity index (χ1) is 5.73. The molecule has 1 unspecified atom stereocenters. The first-order valence-corrected chi connectivity index (χ1v) is 3.88. The van der Waals surface area contributed by atoms with Gasteiger partial charge < -0.3 is 4.79 Å². The van der Waals surface area contributed by atoms with Gasteiger partial charge in [-0.15, -0.1) is 6.58 Å². The number of hydrogen-bond donors (Lipinski definition) is 0. The van der Waals surface area contributed by atoms with Crippen molar-refractivity contribution in [2.24, 2.45) is 0 Å². The Morgan fingerprint density at radius 1 is 1.33 bits per heavy atom. The van der Waals surface area contributed by atoms with Crippen LogP contribution in [0.4, 0.5) is 0 Å². The van der Waals surface area contributed by atoms with Crippen LogP contribution in [0.5, 0.6) is 0 Å². The van der Waals surface area contributed by atoms with Crippen LogP contribution in [-0.2, 0) is 10.2 Å². The fourth-order valence-corrected chi connectivity index (χ4v) is 1.03. The molecule has 1 aromatic rings. The van der Waals surface area contributed by atoms with Gasteiger partial charge in [0.25, 0.3) is 0 Å². The Kier molecular flexibility index (Phi) is 2.44. The number of rotatable bonds is 3. The quantitative estimate of drug-likeness (QED) is 0.490. The molecule has 0 amide bonds. The third kappa shape index (κ3) is 1.45. The first-order valence-electron chi connectivity index (χ1n) is 3.88. The second kappa shape index (κ2) is 3.35. The second-order valence-electron chi connectivity index (χ2n) is 2.97. The summed E-state index contributed by atoms with van der Waals surface area (Å²) >= 11 is 0. The SMILES string of the molecule is C=CC(C)(C=O)c1ccccc1. The highest BCUT2D eigenvalue weighted by molar-refractivity contribution is 5.71. The standard InChI is InChI=1S/C11H12O/c1-3-11(2,9-12)10-7-5-4-6-8-10/h3-9H,1H2,2H3. The summed E-state index contributed by atoms with van der Waals surface area (Å²) in [4.78, 5) is 10.8. The maximum Gasteiger partial charge on any atom is 0.134 e. The monoisotopic (exact) mass is 160 g/mol. The highest BCUT2D eigenvalue weighted by atomic mass is 16.1. The molecule has 0 radical (unpaired) electrons. The Hall–Kier alpha value is -1.37. The molecule has 1 aromatic carbocycles. The van der Waals surface area contributed by atoms with Gasteiger partial charge in [-0.05, 0) is 12.5 Å². The van der Waals surface area contributed by atoms with Crippen molar-refractivity contribution in [1.82, 2.24) is 0 Å². The van der Waals surface area contributed by atoms with Crippen LogP contribution in [0.25, 0.3) is 0 Å². The molecular weight excluding hydrogens is 148 g/mol. The summed E-state index contributed by atoms with van der Waals surface area (Å²) in [6.07, 6.45) is 2.57. The Morgan fingerprint density at radius 3 is 2.33 bits per heavy atom. The van der Waals surface area contributed by atoms with E-state index in [-0.39, 0.29) is 0 Å². The molecule has 1 heteroatoms. The molecule has 0 aliphatic carbocycles. The summed E-state index contributed by atoms with van der Waals surface area (Å²) in [5, 5.41) is 0. The van der Waals surface area contributed by atoms with E-state index in [4.69, 9.17) is 0 Å². The van der Waals surface area contributed by atoms with Crippen LogP contribution in [-0.4, -0.2) is 6.29 Å². The van der Waals surface area contributed by atoms with Crippen LogP contribution in [0.15, 0.2) is 43.0 Å². The number of allylic oxidation sites excluding steroid dienone is 1. The fraction of sp³-hybridized carbons (Fsp3) is 0.182. The van der Waals surface area contributed by atoms with Crippen LogP contribution in [0.2, 0.25) is 0 Å². The van der Waals surface area contributed by atoms with Gasteiger partial charge >= 0.3 is 0 Å². The molecule has 0 bridgehead atoms. The van der Waals surface area contributed by atoms with E-state index < -0.39 is 5.41 Å².